The van der Waals surface area contributed by atoms with Crippen molar-refractivity contribution < 1.29 is 18.0 Å². The average molecular weight is 387 g/mol. The van der Waals surface area contributed by atoms with Crippen molar-refractivity contribution in [2.24, 2.45) is 29.6 Å². The normalized spacial score (nSPS) is 38.3. The highest BCUT2D eigenvalue weighted by Gasteiger charge is 2.43. The van der Waals surface area contributed by atoms with E-state index in [4.69, 9.17) is 5.41 Å². The highest BCUT2D eigenvalue weighted by atomic mass is 32.2. The van der Waals surface area contributed by atoms with Gasteiger partial charge in [0.05, 0.1) is 6.67 Å². The molecule has 0 amide bonds. The second-order valence-electron chi connectivity index (χ2n) is 7.43. The highest BCUT2D eigenvalue weighted by Crippen LogP contribution is 2.43. The van der Waals surface area contributed by atoms with Gasteiger partial charge in [0.25, 0.3) is 0 Å². The van der Waals surface area contributed by atoms with E-state index in [1.165, 1.54) is 11.9 Å². The van der Waals surface area contributed by atoms with Crippen molar-refractivity contribution in [3.8, 4) is 0 Å². The highest BCUT2D eigenvalue weighted by molar-refractivity contribution is 7.98. The number of rotatable bonds is 4. The van der Waals surface area contributed by atoms with Gasteiger partial charge in [0, 0.05) is 29.9 Å². The first-order chi connectivity index (χ1) is 12.3. The third-order valence-electron chi connectivity index (χ3n) is 6.06. The Morgan fingerprint density at radius 1 is 1.19 bits per heavy atom. The molecule has 2 aliphatic carbocycles. The van der Waals surface area contributed by atoms with Gasteiger partial charge in [0.2, 0.25) is 0 Å². The fourth-order valence-electron chi connectivity index (χ4n) is 4.31. The van der Waals surface area contributed by atoms with Gasteiger partial charge < -0.3 is 5.41 Å². The number of halogens is 3. The number of nitrogens with one attached hydrogen (secondary N) is 3. The summed E-state index contributed by atoms with van der Waals surface area (Å²) in [5.74, 6) is -5.24. The Hall–Kier alpha value is -1.12. The van der Waals surface area contributed by atoms with Crippen molar-refractivity contribution in [2.75, 3.05) is 6.67 Å². The molecule has 144 valence electrons. The maximum atomic E-state index is 13.5. The van der Waals surface area contributed by atoms with Crippen molar-refractivity contribution in [3.63, 3.8) is 0 Å². The molecule has 3 aliphatic rings. The molecule has 1 heterocycles. The molecule has 1 aliphatic heterocycles. The first-order valence-electron chi connectivity index (χ1n) is 8.97. The molecule has 3 N–H and O–H groups in total. The van der Waals surface area contributed by atoms with E-state index < -0.39 is 29.8 Å². The van der Waals surface area contributed by atoms with Crippen molar-refractivity contribution in [2.45, 2.75) is 38.5 Å². The Labute approximate surface area is 155 Å². The fraction of sp³-hybridized carbons (Fsp3) is 0.667. The lowest BCUT2D eigenvalue weighted by Crippen LogP contribution is -2.44. The first kappa shape index (κ1) is 19.6. The molecule has 0 aromatic rings. The van der Waals surface area contributed by atoms with Crippen LogP contribution in [0.3, 0.4) is 0 Å². The molecule has 0 aromatic heterocycles. The van der Waals surface area contributed by atoms with Gasteiger partial charge in [0.15, 0.2) is 11.7 Å². The molecule has 4 nitrogen and oxygen atoms in total. The van der Waals surface area contributed by atoms with Gasteiger partial charge in [-0.1, -0.05) is 25.8 Å². The molecule has 2 fully saturated rings. The third-order valence-corrected chi connectivity index (χ3v) is 7.02. The van der Waals surface area contributed by atoms with Crippen molar-refractivity contribution in [1.29, 1.82) is 5.41 Å². The number of ketones is 1. The quantitative estimate of drug-likeness (QED) is 0.504. The van der Waals surface area contributed by atoms with Crippen LogP contribution in [0, 0.1) is 35.0 Å². The number of carbonyl (C=O) groups excluding carboxylic acids is 1. The van der Waals surface area contributed by atoms with Crippen molar-refractivity contribution in [3.05, 3.63) is 23.6 Å². The lowest BCUT2D eigenvalue weighted by Gasteiger charge is -2.41. The second-order valence-corrected chi connectivity index (χ2v) is 8.43. The van der Waals surface area contributed by atoms with Gasteiger partial charge in [-0.05, 0) is 30.8 Å². The molecule has 0 radical (unpaired) electrons. The third kappa shape index (κ3) is 3.64. The first-order valence-corrected chi connectivity index (χ1v) is 9.85. The van der Waals surface area contributed by atoms with E-state index >= 15 is 0 Å². The smallest absolute Gasteiger partial charge is 0.189 e. The van der Waals surface area contributed by atoms with Gasteiger partial charge >= 0.3 is 0 Å². The number of hydrogen-bond acceptors (Lipinski definition) is 5. The molecular formula is C18H24F3N3OS. The molecule has 0 spiro atoms. The summed E-state index contributed by atoms with van der Waals surface area (Å²) in [5, 5.41) is 11.6. The van der Waals surface area contributed by atoms with E-state index in [-0.39, 0.29) is 34.8 Å². The molecule has 6 atom stereocenters. The number of carbonyl (C=O) groups is 1. The van der Waals surface area contributed by atoms with Crippen molar-refractivity contribution in [1.82, 2.24) is 10.0 Å². The molecular weight excluding hydrogens is 363 g/mol. The topological polar surface area (TPSA) is 65.0 Å². The van der Waals surface area contributed by atoms with Gasteiger partial charge in [0.1, 0.15) is 17.0 Å². The van der Waals surface area contributed by atoms with Crippen LogP contribution in [0.5, 0.6) is 0 Å². The van der Waals surface area contributed by atoms with Crippen LogP contribution >= 0.6 is 11.9 Å². The lowest BCUT2D eigenvalue weighted by molar-refractivity contribution is -0.129. The Balaban J connectivity index is 1.68. The zero-order valence-corrected chi connectivity index (χ0v) is 15.6. The van der Waals surface area contributed by atoms with Crippen LogP contribution < -0.4 is 10.0 Å². The van der Waals surface area contributed by atoms with E-state index in [1.54, 1.807) is 0 Å². The maximum Gasteiger partial charge on any atom is 0.189 e. The summed E-state index contributed by atoms with van der Waals surface area (Å²) in [6, 6.07) is 0. The summed E-state index contributed by atoms with van der Waals surface area (Å²) >= 11 is 1.49. The molecule has 26 heavy (non-hydrogen) atoms. The standard InChI is InChI=1S/C18H24F3N3OS/c1-8-9(2)12(4-3-11(8)16(22)18-23-7-24-26-18)17(25)10-5-13(19)15(21)14(20)6-10/h5,8-12,18,22-24H,3-4,6-7H2,1-2H3/t8-,9+,10?,11?,12-,18?/m0/s1. The van der Waals surface area contributed by atoms with Crippen molar-refractivity contribution >= 4 is 23.4 Å². The monoisotopic (exact) mass is 387 g/mol. The van der Waals surface area contributed by atoms with E-state index in [0.29, 0.717) is 25.2 Å². The minimum absolute atomic E-state index is 0.00348. The molecule has 8 heteroatoms. The predicted octanol–water partition coefficient (Wildman–Crippen LogP) is 4.02. The number of hydrogen-bond donors (Lipinski definition) is 3. The Morgan fingerprint density at radius 2 is 1.85 bits per heavy atom. The summed E-state index contributed by atoms with van der Waals surface area (Å²) in [6.45, 7) is 4.66. The fourth-order valence-corrected chi connectivity index (χ4v) is 5.11. The predicted molar refractivity (Wildman–Crippen MR) is 96.3 cm³/mol. The van der Waals surface area contributed by atoms with E-state index in [2.05, 4.69) is 10.0 Å². The van der Waals surface area contributed by atoms with Gasteiger partial charge in [-0.2, -0.15) is 0 Å². The largest absolute Gasteiger partial charge is 0.307 e. The molecule has 1 saturated heterocycles. The van der Waals surface area contributed by atoms with Crippen LogP contribution in [0.2, 0.25) is 0 Å². The summed E-state index contributed by atoms with van der Waals surface area (Å²) in [7, 11) is 0. The zero-order chi connectivity index (χ0) is 19.0. The van der Waals surface area contributed by atoms with E-state index in [1.807, 2.05) is 13.8 Å². The van der Waals surface area contributed by atoms with Crippen LogP contribution in [0.4, 0.5) is 13.2 Å². The SMILES string of the molecule is C[C@H]1[C@@H](C(=O)C2C=C(F)C(F)=C(F)C2)CCC(C(=N)C2NCNS2)[C@H]1C. The van der Waals surface area contributed by atoms with Crippen LogP contribution in [0.25, 0.3) is 0 Å². The molecule has 0 bridgehead atoms. The number of Topliss-reactive ketones (excluding diaryl/α,β-unsaturated/α-hetero) is 1. The van der Waals surface area contributed by atoms with Crippen LogP contribution in [-0.2, 0) is 4.79 Å². The Bertz CT molecular complexity index is 660. The lowest BCUT2D eigenvalue weighted by atomic mass is 9.64. The number of allylic oxidation sites excluding steroid dienone is 4. The average Bonchev–Trinajstić information content (AvgIpc) is 3.15. The molecule has 1 saturated carbocycles. The van der Waals surface area contributed by atoms with Gasteiger partial charge in [-0.3, -0.25) is 10.1 Å². The molecule has 3 unspecified atom stereocenters. The van der Waals surface area contributed by atoms with Crippen LogP contribution in [0.1, 0.15) is 33.1 Å². The van der Waals surface area contributed by atoms with Crippen LogP contribution in [0.15, 0.2) is 23.6 Å². The minimum Gasteiger partial charge on any atom is -0.307 e. The van der Waals surface area contributed by atoms with Gasteiger partial charge in [-0.25, -0.2) is 17.9 Å². The van der Waals surface area contributed by atoms with E-state index in [0.717, 1.165) is 6.08 Å². The summed E-state index contributed by atoms with van der Waals surface area (Å²) in [4.78, 5) is 12.8. The van der Waals surface area contributed by atoms with Gasteiger partial charge in [-0.15, -0.1) is 0 Å². The summed E-state index contributed by atoms with van der Waals surface area (Å²) in [5.41, 5.74) is 0.630. The van der Waals surface area contributed by atoms with Crippen LogP contribution in [-0.4, -0.2) is 23.5 Å². The van der Waals surface area contributed by atoms with E-state index in [9.17, 15) is 18.0 Å². The maximum absolute atomic E-state index is 13.5. The summed E-state index contributed by atoms with van der Waals surface area (Å²) < 4.78 is 43.3. The molecule has 3 rings (SSSR count). The summed E-state index contributed by atoms with van der Waals surface area (Å²) in [6.07, 6.45) is 1.80. The minimum atomic E-state index is -1.48. The molecule has 0 aromatic carbocycles. The Kier molecular flexibility index (Phi) is 5.94. The zero-order valence-electron chi connectivity index (χ0n) is 14.8. The Morgan fingerprint density at radius 3 is 2.46 bits per heavy atom. The second kappa shape index (κ2) is 7.86.